The summed E-state index contributed by atoms with van der Waals surface area (Å²) in [6, 6.07) is 0. The molecule has 1 aromatic heterocycles. The lowest BCUT2D eigenvalue weighted by Gasteiger charge is -2.23. The molecule has 0 saturated carbocycles. The molecule has 17 heteroatoms. The van der Waals surface area contributed by atoms with Crippen LogP contribution in [0.25, 0.3) is 5.57 Å². The van der Waals surface area contributed by atoms with Crippen LogP contribution in [-0.4, -0.2) is 190 Å². The molecular weight excluding hydrogens is 973 g/mol. The average Bonchev–Trinajstić information content (AvgIpc) is 0.894. The van der Waals surface area contributed by atoms with Gasteiger partial charge in [0, 0.05) is 104 Å². The first kappa shape index (κ1) is 25.8. The zero-order chi connectivity index (χ0) is 91.3. The predicted molar refractivity (Wildman–Crippen MR) is 320 cm³/mol. The van der Waals surface area contributed by atoms with Crippen molar-refractivity contribution in [3.63, 3.8) is 0 Å². The lowest BCUT2D eigenvalue weighted by molar-refractivity contribution is 0.294. The molecular formula is C59H98N12O4S. The van der Waals surface area contributed by atoms with Gasteiger partial charge in [-0.2, -0.15) is 4.37 Å². The standard InChI is InChI=1S/3C15H25N3O.C14H23N3OS/c3*1-3-4-5-6-10-19-15-14(16-12-17-15)13-8-7-9-18(2)11-13;1-3-4-5-6-10-18-14-13(15-19-16-14)12-8-7-9-17(2)11-12/h3*8H,3-7,9-12H2,1-2H3;8H,3-7,9-11H2,1-2H3/i2D3,3D2,4D2,5D2,6D2,10D2;2D3,3D2,4D2,5D2,6D2;3D2,4D2,5D2,6D2;3D2,4D2,5D2,6D2,10D2. The van der Waals surface area contributed by atoms with Gasteiger partial charge in [-0.1, -0.05) is 128 Å². The first-order chi connectivity index (χ1) is 52.7. The first-order valence-corrected chi connectivity index (χ1v) is 24.9. The fourth-order valence-electron chi connectivity index (χ4n) is 7.25. The van der Waals surface area contributed by atoms with Crippen molar-refractivity contribution >= 4 is 52.1 Å². The van der Waals surface area contributed by atoms with Crippen molar-refractivity contribution in [2.45, 2.75) is 155 Å². The maximum absolute atomic E-state index is 8.06. The number of likely N-dealkylation sites (N-methyl/N-ethyl adjacent to an activating group) is 4. The Balaban J connectivity index is 0.000000281. The van der Waals surface area contributed by atoms with Crippen LogP contribution in [0.3, 0.4) is 0 Å². The van der Waals surface area contributed by atoms with Gasteiger partial charge in [0.2, 0.25) is 17.7 Å². The molecule has 0 amide bonds. The van der Waals surface area contributed by atoms with E-state index in [-0.39, 0.29) is 74.4 Å². The summed E-state index contributed by atoms with van der Waals surface area (Å²) in [6.07, 6.45) is -40.7. The minimum atomic E-state index is -3.67. The fraction of sp³-hybridized carbons (Fsp3) is 0.729. The number of hydrogen-bond acceptors (Lipinski definition) is 17. The number of aromatic nitrogens is 2. The summed E-state index contributed by atoms with van der Waals surface area (Å²) in [5.74, 6) is -0.751. The maximum atomic E-state index is 8.06. The molecule has 0 spiro atoms. The van der Waals surface area contributed by atoms with E-state index in [0.29, 0.717) is 54.9 Å². The summed E-state index contributed by atoms with van der Waals surface area (Å²) in [4.78, 5) is 31.1. The SMILES string of the molecule is [2H]C([2H])(C)C([2H])([2H])C([2H])([2H])C([2H])([2H])C([2H])([2H])Oc1nsnc1C1=CCCN(C)C1.[2H]C([2H])(C)C([2H])([2H])C([2H])([2H])C([2H])([2H])COC1=NCN=C1C1=CCCN(C)C1.[2H]C([2H])([2H])N1CCC=C(C2=NCN=C2OC([2H])([2H])C([2H])([2H])C([2H])([2H])C([2H])([2H])C([2H])([2H])C)C1.[2H]C([2H])([2H])N1CCC=C(C2=NCN=C2OCC([2H])([2H])C([2H])([2H])C([2H])([2H])C([2H])([2H])C)C1. The molecule has 8 rings (SSSR count). The summed E-state index contributed by atoms with van der Waals surface area (Å²) < 4.78 is 357. The summed E-state index contributed by atoms with van der Waals surface area (Å²) in [5, 5.41) is 0. The van der Waals surface area contributed by atoms with Crippen molar-refractivity contribution in [1.82, 2.24) is 28.3 Å². The van der Waals surface area contributed by atoms with E-state index in [1.54, 1.807) is 12.2 Å². The van der Waals surface area contributed by atoms with Crippen LogP contribution < -0.4 is 4.74 Å². The zero-order valence-corrected chi connectivity index (χ0v) is 44.6. The van der Waals surface area contributed by atoms with Crippen LogP contribution >= 0.6 is 11.7 Å². The highest BCUT2D eigenvalue weighted by Crippen LogP contribution is 2.27. The third-order valence-corrected chi connectivity index (χ3v) is 11.1. The second-order valence-electron chi connectivity index (χ2n) is 16.2. The molecule has 7 aliphatic rings. The van der Waals surface area contributed by atoms with E-state index in [2.05, 4.69) is 43.6 Å². The molecule has 0 radical (unpaired) electrons. The molecule has 424 valence electrons. The molecule has 8 heterocycles. The largest absolute Gasteiger partial charge is 0.476 e. The third-order valence-electron chi connectivity index (χ3n) is 10.6. The van der Waals surface area contributed by atoms with Crippen molar-refractivity contribution in [3.8, 4) is 5.88 Å². The van der Waals surface area contributed by atoms with Crippen LogP contribution in [0.1, 0.15) is 219 Å². The van der Waals surface area contributed by atoms with Crippen molar-refractivity contribution < 1.29 is 76.5 Å². The van der Waals surface area contributed by atoms with E-state index in [1.807, 2.05) is 31.1 Å². The van der Waals surface area contributed by atoms with Crippen molar-refractivity contribution in [2.24, 2.45) is 30.0 Å². The van der Waals surface area contributed by atoms with Crippen LogP contribution in [0, 0.1) is 0 Å². The average molecular weight is 1110 g/mol. The molecule has 16 nitrogen and oxygen atoms in total. The van der Waals surface area contributed by atoms with E-state index in [9.17, 15) is 0 Å². The second kappa shape index (κ2) is 37.4. The quantitative estimate of drug-likeness (QED) is 0.0926. The Kier molecular flexibility index (Phi) is 12.7. The highest BCUT2D eigenvalue weighted by Gasteiger charge is 2.25. The lowest BCUT2D eigenvalue weighted by Crippen LogP contribution is -2.31. The molecule has 0 N–H and O–H groups in total. The smallest absolute Gasteiger partial charge is 0.253 e. The van der Waals surface area contributed by atoms with Crippen LogP contribution in [0.4, 0.5) is 0 Å². The monoisotopic (exact) mass is 1110 g/mol. The Morgan fingerprint density at radius 3 is 1.26 bits per heavy atom. The Bertz CT molecular complexity index is 4020. The Morgan fingerprint density at radius 1 is 0.447 bits per heavy atom. The normalized spacial score (nSPS) is 31.0. The molecule has 0 aliphatic carbocycles. The van der Waals surface area contributed by atoms with E-state index in [4.69, 9.17) is 76.5 Å². The number of rotatable bonds is 25. The Labute approximate surface area is 522 Å². The molecule has 0 bridgehead atoms. The summed E-state index contributed by atoms with van der Waals surface area (Å²) in [7, 11) is 3.86. The molecule has 0 aromatic carbocycles. The fourth-order valence-corrected chi connectivity index (χ4v) is 7.76. The lowest BCUT2D eigenvalue weighted by atomic mass is 10.1. The summed E-state index contributed by atoms with van der Waals surface area (Å²) >= 11 is 0.728. The summed E-state index contributed by atoms with van der Waals surface area (Å²) in [5.41, 5.74) is 3.54. The van der Waals surface area contributed by atoms with Crippen molar-refractivity contribution in [2.75, 3.05) is 127 Å². The van der Waals surface area contributed by atoms with Crippen molar-refractivity contribution in [1.29, 1.82) is 0 Å². The minimum Gasteiger partial charge on any atom is -0.476 e. The first-order valence-electron chi connectivity index (χ1n) is 45.1. The van der Waals surface area contributed by atoms with Gasteiger partial charge in [0.25, 0.3) is 5.88 Å². The maximum Gasteiger partial charge on any atom is 0.253 e. The van der Waals surface area contributed by atoms with Crippen LogP contribution in [0.15, 0.2) is 71.0 Å². The van der Waals surface area contributed by atoms with Gasteiger partial charge in [0.15, 0.2) is 0 Å². The third kappa shape index (κ3) is 22.9. The molecule has 76 heavy (non-hydrogen) atoms. The van der Waals surface area contributed by atoms with Gasteiger partial charge in [-0.3, -0.25) is 15.0 Å². The Morgan fingerprint density at radius 2 is 0.829 bits per heavy atom. The number of ether oxygens (including phenoxy) is 4. The highest BCUT2D eigenvalue weighted by molar-refractivity contribution is 6.99. The van der Waals surface area contributed by atoms with E-state index in [0.717, 1.165) is 70.9 Å². The van der Waals surface area contributed by atoms with Gasteiger partial charge in [0.1, 0.15) is 42.8 Å². The van der Waals surface area contributed by atoms with E-state index in [1.165, 1.54) is 9.80 Å². The van der Waals surface area contributed by atoms with E-state index >= 15 is 0 Å². The van der Waals surface area contributed by atoms with E-state index < -0.39 is 148 Å². The van der Waals surface area contributed by atoms with Crippen LogP contribution in [0.5, 0.6) is 5.88 Å². The second-order valence-corrected chi connectivity index (χ2v) is 16.8. The van der Waals surface area contributed by atoms with Gasteiger partial charge in [-0.25, -0.2) is 15.0 Å². The molecule has 7 aliphatic heterocycles. The molecule has 1 aromatic rings. The number of nitrogens with zero attached hydrogens (tertiary/aromatic N) is 12. The zero-order valence-electron chi connectivity index (χ0n) is 85.7. The van der Waals surface area contributed by atoms with Gasteiger partial charge >= 0.3 is 0 Å². The van der Waals surface area contributed by atoms with Crippen molar-refractivity contribution in [3.05, 3.63) is 46.7 Å². The Hall–Kier alpha value is -4.42. The molecule has 0 fully saturated rings. The van der Waals surface area contributed by atoms with Gasteiger partial charge in [-0.15, -0.1) is 4.37 Å². The predicted octanol–water partition coefficient (Wildman–Crippen LogP) is 11.2. The molecule has 0 unspecified atom stereocenters. The summed E-state index contributed by atoms with van der Waals surface area (Å²) in [6.45, 7) is -6.57. The van der Waals surface area contributed by atoms with Gasteiger partial charge in [0.05, 0.1) is 43.5 Å². The minimum absolute atomic E-state index is 0.00742. The highest BCUT2D eigenvalue weighted by atomic mass is 32.1. The molecule has 0 saturated heterocycles. The topological polar surface area (TPSA) is 150 Å². The van der Waals surface area contributed by atoms with Gasteiger partial charge in [-0.05, 0) is 102 Å². The molecule has 0 atom stereocenters. The van der Waals surface area contributed by atoms with Crippen LogP contribution in [-0.2, 0) is 14.2 Å². The number of aliphatic imine (C=N–C) groups is 6. The van der Waals surface area contributed by atoms with Gasteiger partial charge < -0.3 is 38.5 Å². The number of hydrogen-bond donors (Lipinski definition) is 0. The van der Waals surface area contributed by atoms with Crippen LogP contribution in [0.2, 0.25) is 0 Å².